The Morgan fingerprint density at radius 3 is 2.50 bits per heavy atom. The highest BCUT2D eigenvalue weighted by Crippen LogP contribution is 2.00. The van der Waals surface area contributed by atoms with Crippen molar-refractivity contribution in [2.24, 2.45) is 0 Å². The first-order valence-electron chi connectivity index (χ1n) is 3.92. The third-order valence-corrected chi connectivity index (χ3v) is 1.44. The van der Waals surface area contributed by atoms with Crippen LogP contribution in [-0.2, 0) is 0 Å². The number of aliphatic hydroxyl groups excluding tert-OH is 1. The second-order valence-electron chi connectivity index (χ2n) is 2.38. The smallest absolute Gasteiger partial charge is 0.0615 e. The summed E-state index contributed by atoms with van der Waals surface area (Å²) in [5.41, 5.74) is 1.17. The normalized spacial score (nSPS) is 11.4. The highest BCUT2D eigenvalue weighted by atomic mass is 16.2. The maximum atomic E-state index is 8.44. The van der Waals surface area contributed by atoms with Crippen LogP contribution < -0.4 is 0 Å². The molecule has 1 nitrogen and oxygen atoms in total. The Morgan fingerprint density at radius 2 is 1.83 bits per heavy atom. The first-order valence-corrected chi connectivity index (χ1v) is 3.92. The Kier molecular flexibility index (Phi) is 3.89. The fraction of sp³-hybridized carbons (Fsp3) is 0.0909. The quantitative estimate of drug-likeness (QED) is 0.672. The third-order valence-electron chi connectivity index (χ3n) is 1.44. The lowest BCUT2D eigenvalue weighted by Crippen LogP contribution is -1.69. The molecule has 0 heterocycles. The van der Waals surface area contributed by atoms with Crippen LogP contribution in [0, 0.1) is 0 Å². The number of hydrogen-bond acceptors (Lipinski definition) is 1. The highest BCUT2D eigenvalue weighted by molar-refractivity contribution is 5.50. The van der Waals surface area contributed by atoms with Crippen molar-refractivity contribution in [2.75, 3.05) is 6.61 Å². The van der Waals surface area contributed by atoms with Gasteiger partial charge in [-0.1, -0.05) is 54.6 Å². The molecular formula is C11H12O. The Balaban J connectivity index is 2.52. The van der Waals surface area contributed by atoms with Crippen molar-refractivity contribution in [2.45, 2.75) is 0 Å². The van der Waals surface area contributed by atoms with Gasteiger partial charge in [0.15, 0.2) is 0 Å². The first kappa shape index (κ1) is 8.75. The van der Waals surface area contributed by atoms with Crippen molar-refractivity contribution >= 4 is 6.08 Å². The van der Waals surface area contributed by atoms with Crippen LogP contribution in [0.25, 0.3) is 6.08 Å². The van der Waals surface area contributed by atoms with E-state index in [9.17, 15) is 0 Å². The van der Waals surface area contributed by atoms with E-state index in [1.54, 1.807) is 6.08 Å². The SMILES string of the molecule is OC/C=C/C=C\c1ccccc1. The van der Waals surface area contributed by atoms with Gasteiger partial charge >= 0.3 is 0 Å². The minimum absolute atomic E-state index is 0.0964. The third kappa shape index (κ3) is 3.17. The van der Waals surface area contributed by atoms with Crippen molar-refractivity contribution in [3.05, 3.63) is 54.1 Å². The van der Waals surface area contributed by atoms with E-state index in [0.29, 0.717) is 0 Å². The molecule has 0 bridgehead atoms. The van der Waals surface area contributed by atoms with Crippen molar-refractivity contribution in [3.63, 3.8) is 0 Å². The number of hydrogen-bond donors (Lipinski definition) is 1. The highest BCUT2D eigenvalue weighted by Gasteiger charge is 1.78. The summed E-state index contributed by atoms with van der Waals surface area (Å²) >= 11 is 0. The van der Waals surface area contributed by atoms with E-state index < -0.39 is 0 Å². The van der Waals surface area contributed by atoms with E-state index in [4.69, 9.17) is 5.11 Å². The molecule has 1 heteroatoms. The molecule has 0 aromatic heterocycles. The molecule has 62 valence electrons. The standard InChI is InChI=1S/C11H12O/c12-10-6-2-5-9-11-7-3-1-4-8-11/h1-9,12H,10H2/b6-2+,9-5-. The van der Waals surface area contributed by atoms with Gasteiger partial charge in [-0.05, 0) is 5.56 Å². The summed E-state index contributed by atoms with van der Waals surface area (Å²) in [6.07, 6.45) is 7.42. The van der Waals surface area contributed by atoms with Gasteiger partial charge in [0.25, 0.3) is 0 Å². The van der Waals surface area contributed by atoms with Crippen molar-refractivity contribution in [1.82, 2.24) is 0 Å². The minimum Gasteiger partial charge on any atom is -0.392 e. The molecule has 1 aromatic carbocycles. The lowest BCUT2D eigenvalue weighted by atomic mass is 10.2. The molecule has 1 rings (SSSR count). The van der Waals surface area contributed by atoms with Crippen LogP contribution in [0.4, 0.5) is 0 Å². The average molecular weight is 160 g/mol. The van der Waals surface area contributed by atoms with Crippen molar-refractivity contribution < 1.29 is 5.11 Å². The maximum Gasteiger partial charge on any atom is 0.0615 e. The van der Waals surface area contributed by atoms with Gasteiger partial charge in [0.2, 0.25) is 0 Å². The number of aliphatic hydroxyl groups is 1. The summed E-state index contributed by atoms with van der Waals surface area (Å²) in [6, 6.07) is 10.0. The summed E-state index contributed by atoms with van der Waals surface area (Å²) in [5.74, 6) is 0. The van der Waals surface area contributed by atoms with Crippen molar-refractivity contribution in [3.8, 4) is 0 Å². The van der Waals surface area contributed by atoms with E-state index >= 15 is 0 Å². The number of rotatable bonds is 3. The average Bonchev–Trinajstić information content (AvgIpc) is 2.14. The van der Waals surface area contributed by atoms with Gasteiger partial charge in [0.1, 0.15) is 0 Å². The molecule has 0 amide bonds. The number of benzene rings is 1. The predicted molar refractivity (Wildman–Crippen MR) is 51.7 cm³/mol. The Bertz CT molecular complexity index is 260. The lowest BCUT2D eigenvalue weighted by Gasteiger charge is -1.87. The van der Waals surface area contributed by atoms with Crippen LogP contribution in [0.15, 0.2) is 48.6 Å². The fourth-order valence-corrected chi connectivity index (χ4v) is 0.870. The largest absolute Gasteiger partial charge is 0.392 e. The van der Waals surface area contributed by atoms with Crippen molar-refractivity contribution in [1.29, 1.82) is 0 Å². The van der Waals surface area contributed by atoms with Crippen LogP contribution in [-0.4, -0.2) is 11.7 Å². The summed E-state index contributed by atoms with van der Waals surface area (Å²) in [4.78, 5) is 0. The van der Waals surface area contributed by atoms with Gasteiger partial charge in [0, 0.05) is 0 Å². The molecule has 0 saturated heterocycles. The van der Waals surface area contributed by atoms with Crippen LogP contribution in [0.3, 0.4) is 0 Å². The van der Waals surface area contributed by atoms with E-state index in [0.717, 1.165) is 0 Å². The lowest BCUT2D eigenvalue weighted by molar-refractivity contribution is 0.343. The molecule has 0 unspecified atom stereocenters. The summed E-state index contributed by atoms with van der Waals surface area (Å²) in [6.45, 7) is 0.0964. The second kappa shape index (κ2) is 5.33. The van der Waals surface area contributed by atoms with Crippen LogP contribution in [0.2, 0.25) is 0 Å². The van der Waals surface area contributed by atoms with Gasteiger partial charge in [0.05, 0.1) is 6.61 Å². The molecular weight excluding hydrogens is 148 g/mol. The monoisotopic (exact) mass is 160 g/mol. The van der Waals surface area contributed by atoms with Crippen LogP contribution in [0.5, 0.6) is 0 Å². The zero-order valence-electron chi connectivity index (χ0n) is 6.85. The van der Waals surface area contributed by atoms with Gasteiger partial charge in [-0.3, -0.25) is 0 Å². The zero-order chi connectivity index (χ0) is 8.65. The summed E-state index contributed by atoms with van der Waals surface area (Å²) in [7, 11) is 0. The van der Waals surface area contributed by atoms with Gasteiger partial charge in [-0.2, -0.15) is 0 Å². The Hall–Kier alpha value is -1.34. The molecule has 0 fully saturated rings. The van der Waals surface area contributed by atoms with Gasteiger partial charge in [-0.15, -0.1) is 0 Å². The molecule has 0 aliphatic rings. The molecule has 0 saturated carbocycles. The molecule has 1 N–H and O–H groups in total. The predicted octanol–water partition coefficient (Wildman–Crippen LogP) is 2.25. The van der Waals surface area contributed by atoms with E-state index in [2.05, 4.69) is 0 Å². The fourth-order valence-electron chi connectivity index (χ4n) is 0.870. The zero-order valence-corrected chi connectivity index (χ0v) is 6.85. The van der Waals surface area contributed by atoms with Crippen LogP contribution >= 0.6 is 0 Å². The first-order chi connectivity index (χ1) is 5.93. The molecule has 0 radical (unpaired) electrons. The summed E-state index contributed by atoms with van der Waals surface area (Å²) in [5, 5.41) is 8.44. The van der Waals surface area contributed by atoms with Crippen LogP contribution in [0.1, 0.15) is 5.56 Å². The maximum absolute atomic E-state index is 8.44. The Morgan fingerprint density at radius 1 is 1.08 bits per heavy atom. The molecule has 0 atom stereocenters. The second-order valence-corrected chi connectivity index (χ2v) is 2.38. The van der Waals surface area contributed by atoms with Gasteiger partial charge in [-0.25, -0.2) is 0 Å². The molecule has 0 aliphatic heterocycles. The van der Waals surface area contributed by atoms with E-state index in [-0.39, 0.29) is 6.61 Å². The minimum atomic E-state index is 0.0964. The summed E-state index contributed by atoms with van der Waals surface area (Å²) < 4.78 is 0. The van der Waals surface area contributed by atoms with E-state index in [1.807, 2.05) is 48.6 Å². The van der Waals surface area contributed by atoms with Gasteiger partial charge < -0.3 is 5.11 Å². The molecule has 1 aromatic rings. The Labute approximate surface area is 72.7 Å². The molecule has 0 aliphatic carbocycles. The van der Waals surface area contributed by atoms with E-state index in [1.165, 1.54) is 5.56 Å². The number of allylic oxidation sites excluding steroid dienone is 2. The molecule has 0 spiro atoms. The topological polar surface area (TPSA) is 20.2 Å². The molecule has 12 heavy (non-hydrogen) atoms.